The van der Waals surface area contributed by atoms with Gasteiger partial charge in [0, 0.05) is 10.9 Å². The van der Waals surface area contributed by atoms with Gasteiger partial charge in [0.05, 0.1) is 0 Å². The van der Waals surface area contributed by atoms with Crippen molar-refractivity contribution in [2.75, 3.05) is 0 Å². The molecular weight excluding hydrogens is 423 g/mol. The Morgan fingerprint density at radius 1 is 0.750 bits per heavy atom. The zero-order valence-corrected chi connectivity index (χ0v) is 18.1. The van der Waals surface area contributed by atoms with Gasteiger partial charge in [0.2, 0.25) is 0 Å². The molecule has 0 saturated heterocycles. The van der Waals surface area contributed by atoms with Gasteiger partial charge in [-0.05, 0) is 60.4 Å². The molecule has 3 aromatic carbocycles. The molecule has 3 rings (SSSR count). The quantitative estimate of drug-likeness (QED) is 0.212. The van der Waals surface area contributed by atoms with Gasteiger partial charge in [-0.1, -0.05) is 56.9 Å². The van der Waals surface area contributed by atoms with Crippen molar-refractivity contribution >= 4 is 10.8 Å². The van der Waals surface area contributed by atoms with Crippen molar-refractivity contribution in [3.8, 4) is 5.75 Å². The van der Waals surface area contributed by atoms with Gasteiger partial charge in [0.1, 0.15) is 11.6 Å². The van der Waals surface area contributed by atoms with Crippen LogP contribution in [0.5, 0.6) is 5.75 Å². The summed E-state index contributed by atoms with van der Waals surface area (Å²) in [6, 6.07) is 10.2. The third-order valence-electron chi connectivity index (χ3n) is 5.63. The maximum atomic E-state index is 14.5. The highest BCUT2D eigenvalue weighted by Crippen LogP contribution is 2.29. The molecule has 172 valence electrons. The Balaban J connectivity index is 1.66. The predicted octanol–water partition coefficient (Wildman–Crippen LogP) is 8.16. The monoisotopic (exact) mass is 450 g/mol. The molecule has 0 aromatic heterocycles. The van der Waals surface area contributed by atoms with E-state index >= 15 is 0 Å². The van der Waals surface area contributed by atoms with E-state index in [2.05, 4.69) is 11.7 Å². The van der Waals surface area contributed by atoms with E-state index in [9.17, 15) is 22.0 Å². The number of halogens is 5. The van der Waals surface area contributed by atoms with E-state index < -0.39 is 29.8 Å². The minimum absolute atomic E-state index is 0.0340. The van der Waals surface area contributed by atoms with E-state index in [-0.39, 0.29) is 17.4 Å². The first kappa shape index (κ1) is 24.0. The molecule has 0 bridgehead atoms. The van der Waals surface area contributed by atoms with Crippen LogP contribution in [0.1, 0.15) is 55.7 Å². The molecule has 0 N–H and O–H groups in total. The first-order valence-corrected chi connectivity index (χ1v) is 11.0. The number of fused-ring (bicyclic) bond motifs is 1. The Labute approximate surface area is 185 Å². The topological polar surface area (TPSA) is 9.23 Å². The van der Waals surface area contributed by atoms with Crippen LogP contribution in [0.15, 0.2) is 42.5 Å². The predicted molar refractivity (Wildman–Crippen MR) is 117 cm³/mol. The molecule has 0 aliphatic rings. The van der Waals surface area contributed by atoms with Gasteiger partial charge in [-0.2, -0.15) is 8.78 Å². The first-order chi connectivity index (χ1) is 15.4. The lowest BCUT2D eigenvalue weighted by Gasteiger charge is -2.11. The summed E-state index contributed by atoms with van der Waals surface area (Å²) in [6.07, 6.45) is 6.60. The zero-order chi connectivity index (χ0) is 23.1. The summed E-state index contributed by atoms with van der Waals surface area (Å²) >= 11 is 0. The minimum atomic E-state index is -3.11. The smallest absolute Gasteiger partial charge is 0.387 e. The van der Waals surface area contributed by atoms with E-state index in [0.717, 1.165) is 37.3 Å². The maximum absolute atomic E-state index is 14.5. The molecule has 3 aromatic rings. The van der Waals surface area contributed by atoms with Crippen molar-refractivity contribution in [2.45, 2.75) is 64.9 Å². The second kappa shape index (κ2) is 11.3. The van der Waals surface area contributed by atoms with Gasteiger partial charge < -0.3 is 4.74 Å². The fraction of sp³-hybridized carbons (Fsp3) is 0.385. The van der Waals surface area contributed by atoms with Crippen LogP contribution in [-0.2, 0) is 19.3 Å². The van der Waals surface area contributed by atoms with Crippen molar-refractivity contribution in [3.63, 3.8) is 0 Å². The second-order valence-electron chi connectivity index (χ2n) is 8.01. The normalized spacial score (nSPS) is 11.5. The summed E-state index contributed by atoms with van der Waals surface area (Å²) in [5.74, 6) is -2.48. The molecular formula is C26H27F5O. The molecule has 0 aliphatic carbocycles. The van der Waals surface area contributed by atoms with Crippen LogP contribution in [-0.4, -0.2) is 6.61 Å². The van der Waals surface area contributed by atoms with E-state index in [1.54, 1.807) is 12.1 Å². The summed E-state index contributed by atoms with van der Waals surface area (Å²) < 4.78 is 72.3. The Bertz CT molecular complexity index is 1020. The highest BCUT2D eigenvalue weighted by atomic mass is 19.3. The average Bonchev–Trinajstić information content (AvgIpc) is 2.75. The Kier molecular flexibility index (Phi) is 8.48. The summed E-state index contributed by atoms with van der Waals surface area (Å²) in [4.78, 5) is 0. The van der Waals surface area contributed by atoms with Gasteiger partial charge in [-0.15, -0.1) is 0 Å². The Hall–Kier alpha value is -2.63. The molecule has 1 nitrogen and oxygen atoms in total. The molecule has 6 heteroatoms. The highest BCUT2D eigenvalue weighted by molar-refractivity contribution is 5.85. The van der Waals surface area contributed by atoms with Crippen LogP contribution < -0.4 is 4.74 Å². The fourth-order valence-corrected chi connectivity index (χ4v) is 3.90. The van der Waals surface area contributed by atoms with Crippen molar-refractivity contribution in [2.24, 2.45) is 0 Å². The number of ether oxygens (including phenoxy) is 1. The third kappa shape index (κ3) is 6.21. The van der Waals surface area contributed by atoms with Crippen molar-refractivity contribution < 1.29 is 26.7 Å². The van der Waals surface area contributed by atoms with Gasteiger partial charge in [-0.3, -0.25) is 0 Å². The number of hydrogen-bond donors (Lipinski definition) is 0. The standard InChI is InChI=1S/C26H27F5O/c1-2-3-4-5-6-7-18-15-22(27)21(23(28)16-18)12-9-17-8-11-20-19(14-17)10-13-24(25(20)29)32-26(30)31/h8,10-11,13-16,26H,2-7,9,12H2,1H3. The van der Waals surface area contributed by atoms with Gasteiger partial charge in [0.15, 0.2) is 11.6 Å². The molecule has 32 heavy (non-hydrogen) atoms. The van der Waals surface area contributed by atoms with Crippen molar-refractivity contribution in [1.82, 2.24) is 0 Å². The molecule has 0 spiro atoms. The van der Waals surface area contributed by atoms with E-state index in [1.807, 2.05) is 0 Å². The number of unbranched alkanes of at least 4 members (excludes halogenated alkanes) is 4. The number of benzene rings is 3. The Morgan fingerprint density at radius 2 is 1.47 bits per heavy atom. The number of hydrogen-bond acceptors (Lipinski definition) is 1. The van der Waals surface area contributed by atoms with Crippen LogP contribution in [0, 0.1) is 17.5 Å². The number of alkyl halides is 2. The molecule has 0 unspecified atom stereocenters. The van der Waals surface area contributed by atoms with Crippen LogP contribution in [0.2, 0.25) is 0 Å². The van der Waals surface area contributed by atoms with Gasteiger partial charge in [-0.25, -0.2) is 13.2 Å². The van der Waals surface area contributed by atoms with Crippen LogP contribution in [0.25, 0.3) is 10.8 Å². The summed E-state index contributed by atoms with van der Waals surface area (Å²) in [5.41, 5.74) is 1.47. The minimum Gasteiger partial charge on any atom is -0.432 e. The fourth-order valence-electron chi connectivity index (χ4n) is 3.90. The SMILES string of the molecule is CCCCCCCc1cc(F)c(CCc2ccc3c(F)c(OC(F)F)ccc3c2)c(F)c1. The number of aryl methyl sites for hydroxylation is 2. The van der Waals surface area contributed by atoms with Crippen LogP contribution in [0.3, 0.4) is 0 Å². The average molecular weight is 450 g/mol. The maximum Gasteiger partial charge on any atom is 0.387 e. The lowest BCUT2D eigenvalue weighted by Crippen LogP contribution is -2.04. The van der Waals surface area contributed by atoms with E-state index in [0.29, 0.717) is 23.8 Å². The zero-order valence-electron chi connectivity index (χ0n) is 18.1. The molecule has 0 aliphatic heterocycles. The lowest BCUT2D eigenvalue weighted by molar-refractivity contribution is -0.0520. The first-order valence-electron chi connectivity index (χ1n) is 11.0. The van der Waals surface area contributed by atoms with E-state index in [1.165, 1.54) is 30.7 Å². The van der Waals surface area contributed by atoms with Gasteiger partial charge in [0.25, 0.3) is 0 Å². The molecule has 0 radical (unpaired) electrons. The summed E-state index contributed by atoms with van der Waals surface area (Å²) in [6.45, 7) is -0.972. The molecule has 0 fully saturated rings. The summed E-state index contributed by atoms with van der Waals surface area (Å²) in [7, 11) is 0. The van der Waals surface area contributed by atoms with Crippen LogP contribution >= 0.6 is 0 Å². The van der Waals surface area contributed by atoms with Crippen molar-refractivity contribution in [3.05, 3.63) is 76.6 Å². The Morgan fingerprint density at radius 3 is 2.16 bits per heavy atom. The largest absolute Gasteiger partial charge is 0.432 e. The molecule has 0 amide bonds. The molecule has 0 heterocycles. The highest BCUT2D eigenvalue weighted by Gasteiger charge is 2.14. The lowest BCUT2D eigenvalue weighted by atomic mass is 9.98. The molecule has 0 saturated carbocycles. The molecule has 0 atom stereocenters. The third-order valence-corrected chi connectivity index (χ3v) is 5.63. The summed E-state index contributed by atoms with van der Waals surface area (Å²) in [5, 5.41) is 0.647. The van der Waals surface area contributed by atoms with Crippen LogP contribution in [0.4, 0.5) is 22.0 Å². The van der Waals surface area contributed by atoms with Crippen molar-refractivity contribution in [1.29, 1.82) is 0 Å². The van der Waals surface area contributed by atoms with E-state index in [4.69, 9.17) is 0 Å². The second-order valence-corrected chi connectivity index (χ2v) is 8.01. The van der Waals surface area contributed by atoms with Gasteiger partial charge >= 0.3 is 6.61 Å². The number of rotatable bonds is 11.